The number of anilines is 1. The van der Waals surface area contributed by atoms with Crippen molar-refractivity contribution in [3.63, 3.8) is 0 Å². The molecule has 1 aromatic heterocycles. The molecular weight excluding hydrogens is 416 g/mol. The quantitative estimate of drug-likeness (QED) is 0.492. The van der Waals surface area contributed by atoms with Crippen LogP contribution in [0.3, 0.4) is 0 Å². The Hall–Kier alpha value is -4.57. The number of para-hydroxylation sites is 1. The summed E-state index contributed by atoms with van der Waals surface area (Å²) in [5.74, 6) is 0.117. The van der Waals surface area contributed by atoms with Crippen molar-refractivity contribution in [3.05, 3.63) is 100 Å². The highest BCUT2D eigenvalue weighted by Gasteiger charge is 2.18. The molecule has 0 radical (unpaired) electrons. The molecule has 0 unspecified atom stereocenters. The Morgan fingerprint density at radius 3 is 2.18 bits per heavy atom. The predicted molar refractivity (Wildman–Crippen MR) is 126 cm³/mol. The lowest BCUT2D eigenvalue weighted by Crippen LogP contribution is -2.25. The van der Waals surface area contributed by atoms with Gasteiger partial charge in [0.05, 0.1) is 23.0 Å². The van der Waals surface area contributed by atoms with Gasteiger partial charge in [0.25, 0.3) is 11.5 Å². The Morgan fingerprint density at radius 1 is 0.970 bits per heavy atom. The first kappa shape index (κ1) is 21.7. The molecule has 7 nitrogen and oxygen atoms in total. The maximum absolute atomic E-state index is 12.9. The van der Waals surface area contributed by atoms with Gasteiger partial charge in [0.2, 0.25) is 0 Å². The number of nitrogens with one attached hydrogen (secondary N) is 1. The highest BCUT2D eigenvalue weighted by atomic mass is 16.5. The average Bonchev–Trinajstić information content (AvgIpc) is 3.06. The third kappa shape index (κ3) is 4.55. The number of hydrogen-bond acceptors (Lipinski definition) is 4. The molecule has 1 heterocycles. The van der Waals surface area contributed by atoms with Crippen LogP contribution in [-0.4, -0.2) is 21.9 Å². The largest absolute Gasteiger partial charge is 0.484 e. The normalized spacial score (nSPS) is 10.5. The van der Waals surface area contributed by atoms with Crippen molar-refractivity contribution in [1.29, 1.82) is 5.26 Å². The van der Waals surface area contributed by atoms with Crippen LogP contribution >= 0.6 is 0 Å². The Bertz CT molecular complexity index is 1380. The Morgan fingerprint density at radius 2 is 1.58 bits per heavy atom. The first-order valence-corrected chi connectivity index (χ1v) is 10.3. The minimum absolute atomic E-state index is 0.227. The van der Waals surface area contributed by atoms with Crippen molar-refractivity contribution >= 4 is 11.6 Å². The van der Waals surface area contributed by atoms with E-state index in [2.05, 4.69) is 11.4 Å². The lowest BCUT2D eigenvalue weighted by atomic mass is 10.0. The van der Waals surface area contributed by atoms with E-state index in [1.807, 2.05) is 54.6 Å². The Labute approximate surface area is 191 Å². The van der Waals surface area contributed by atoms with E-state index >= 15 is 0 Å². The topological polar surface area (TPSA) is 89.1 Å². The van der Waals surface area contributed by atoms with E-state index in [4.69, 9.17) is 10.00 Å². The lowest BCUT2D eigenvalue weighted by Gasteiger charge is -2.08. The van der Waals surface area contributed by atoms with E-state index in [-0.39, 0.29) is 17.9 Å². The molecule has 3 aromatic carbocycles. The number of benzene rings is 3. The second-order valence-electron chi connectivity index (χ2n) is 7.49. The number of rotatable bonds is 6. The molecule has 164 valence electrons. The van der Waals surface area contributed by atoms with Crippen LogP contribution in [0, 0.1) is 18.3 Å². The van der Waals surface area contributed by atoms with Gasteiger partial charge >= 0.3 is 0 Å². The summed E-state index contributed by atoms with van der Waals surface area (Å²) >= 11 is 0. The summed E-state index contributed by atoms with van der Waals surface area (Å²) in [6, 6.07) is 25.9. The molecule has 33 heavy (non-hydrogen) atoms. The van der Waals surface area contributed by atoms with Crippen LogP contribution in [0.25, 0.3) is 16.8 Å². The minimum Gasteiger partial charge on any atom is -0.484 e. The SMILES string of the molecule is Cc1c(NC(=O)COc2ccc(-c3ccc(C#N)cc3)cc2)c(=O)n(-c2ccccc2)n1C. The summed E-state index contributed by atoms with van der Waals surface area (Å²) in [5, 5.41) is 11.6. The first-order chi connectivity index (χ1) is 16.0. The lowest BCUT2D eigenvalue weighted by molar-refractivity contribution is -0.118. The molecule has 0 aliphatic heterocycles. The highest BCUT2D eigenvalue weighted by molar-refractivity contribution is 5.92. The fraction of sp³-hybridized carbons (Fsp3) is 0.115. The number of amides is 1. The monoisotopic (exact) mass is 438 g/mol. The van der Waals surface area contributed by atoms with Crippen LogP contribution in [0.5, 0.6) is 5.75 Å². The molecule has 0 atom stereocenters. The summed E-state index contributed by atoms with van der Waals surface area (Å²) < 4.78 is 8.81. The molecule has 0 aliphatic carbocycles. The van der Waals surface area contributed by atoms with E-state index in [0.29, 0.717) is 22.7 Å². The van der Waals surface area contributed by atoms with Gasteiger partial charge in [-0.1, -0.05) is 42.5 Å². The van der Waals surface area contributed by atoms with Crippen molar-refractivity contribution < 1.29 is 9.53 Å². The fourth-order valence-electron chi connectivity index (χ4n) is 3.52. The van der Waals surface area contributed by atoms with E-state index in [1.54, 1.807) is 42.9 Å². The summed E-state index contributed by atoms with van der Waals surface area (Å²) in [7, 11) is 1.77. The molecule has 4 rings (SSSR count). The summed E-state index contributed by atoms with van der Waals surface area (Å²) in [5.41, 5.74) is 3.84. The molecule has 0 spiro atoms. The van der Waals surface area contributed by atoms with E-state index < -0.39 is 5.91 Å². The predicted octanol–water partition coefficient (Wildman–Crippen LogP) is 4.04. The van der Waals surface area contributed by atoms with Gasteiger partial charge < -0.3 is 10.1 Å². The van der Waals surface area contributed by atoms with Gasteiger partial charge in [0.1, 0.15) is 11.4 Å². The van der Waals surface area contributed by atoms with Gasteiger partial charge in [-0.25, -0.2) is 4.68 Å². The maximum atomic E-state index is 12.9. The summed E-state index contributed by atoms with van der Waals surface area (Å²) in [6.07, 6.45) is 0. The Balaban J connectivity index is 1.42. The van der Waals surface area contributed by atoms with Crippen molar-refractivity contribution in [2.45, 2.75) is 6.92 Å². The van der Waals surface area contributed by atoms with E-state index in [9.17, 15) is 9.59 Å². The number of ether oxygens (including phenoxy) is 1. The van der Waals surface area contributed by atoms with Crippen LogP contribution in [-0.2, 0) is 11.8 Å². The van der Waals surface area contributed by atoms with Crippen molar-refractivity contribution in [1.82, 2.24) is 9.36 Å². The van der Waals surface area contributed by atoms with Gasteiger partial charge in [-0.05, 0) is 54.4 Å². The second-order valence-corrected chi connectivity index (χ2v) is 7.49. The van der Waals surface area contributed by atoms with Crippen LogP contribution in [0.1, 0.15) is 11.3 Å². The summed E-state index contributed by atoms with van der Waals surface area (Å²) in [6.45, 7) is 1.55. The van der Waals surface area contributed by atoms with Crippen molar-refractivity contribution in [2.24, 2.45) is 7.05 Å². The number of carbonyl (C=O) groups excluding carboxylic acids is 1. The number of aromatic nitrogens is 2. The van der Waals surface area contributed by atoms with Crippen LogP contribution in [0.15, 0.2) is 83.7 Å². The fourth-order valence-corrected chi connectivity index (χ4v) is 3.52. The van der Waals surface area contributed by atoms with Crippen molar-refractivity contribution in [3.8, 4) is 28.6 Å². The zero-order chi connectivity index (χ0) is 23.4. The van der Waals surface area contributed by atoms with Crippen LogP contribution in [0.4, 0.5) is 5.69 Å². The number of carbonyl (C=O) groups is 1. The van der Waals surface area contributed by atoms with Crippen molar-refractivity contribution in [2.75, 3.05) is 11.9 Å². The number of hydrogen-bond donors (Lipinski definition) is 1. The Kier molecular flexibility index (Phi) is 6.09. The van der Waals surface area contributed by atoms with Crippen LogP contribution in [0.2, 0.25) is 0 Å². The molecule has 1 N–H and O–H groups in total. The average molecular weight is 438 g/mol. The molecule has 4 aromatic rings. The molecule has 0 fully saturated rings. The smallest absolute Gasteiger partial charge is 0.295 e. The van der Waals surface area contributed by atoms with E-state index in [0.717, 1.165) is 11.1 Å². The molecule has 7 heteroatoms. The molecule has 0 bridgehead atoms. The highest BCUT2D eigenvalue weighted by Crippen LogP contribution is 2.23. The first-order valence-electron chi connectivity index (χ1n) is 10.3. The van der Waals surface area contributed by atoms with Gasteiger partial charge in [0, 0.05) is 7.05 Å². The third-order valence-corrected chi connectivity index (χ3v) is 5.39. The third-order valence-electron chi connectivity index (χ3n) is 5.39. The molecule has 0 saturated heterocycles. The standard InChI is InChI=1S/C26H22N4O3/c1-18-25(26(32)30(29(18)2)22-6-4-3-5-7-22)28-24(31)17-33-23-14-12-21(13-15-23)20-10-8-19(16-27)9-11-20/h3-15H,17H2,1-2H3,(H,28,31). The molecule has 1 amide bonds. The minimum atomic E-state index is -0.419. The van der Waals surface area contributed by atoms with E-state index in [1.165, 1.54) is 4.68 Å². The molecular formula is C26H22N4O3. The summed E-state index contributed by atoms with van der Waals surface area (Å²) in [4.78, 5) is 25.4. The van der Waals surface area contributed by atoms with Gasteiger partial charge in [-0.2, -0.15) is 5.26 Å². The maximum Gasteiger partial charge on any atom is 0.295 e. The number of nitrogens with zero attached hydrogens (tertiary/aromatic N) is 3. The molecule has 0 aliphatic rings. The number of nitriles is 1. The van der Waals surface area contributed by atoms with Crippen LogP contribution < -0.4 is 15.6 Å². The van der Waals surface area contributed by atoms with Gasteiger partial charge in [-0.3, -0.25) is 14.3 Å². The van der Waals surface area contributed by atoms with Gasteiger partial charge in [-0.15, -0.1) is 0 Å². The zero-order valence-corrected chi connectivity index (χ0v) is 18.3. The zero-order valence-electron chi connectivity index (χ0n) is 18.3. The van der Waals surface area contributed by atoms with Gasteiger partial charge in [0.15, 0.2) is 6.61 Å². The molecule has 0 saturated carbocycles. The second kappa shape index (κ2) is 9.28.